The Labute approximate surface area is 219 Å². The summed E-state index contributed by atoms with van der Waals surface area (Å²) in [6.07, 6.45) is -4.98. The van der Waals surface area contributed by atoms with Gasteiger partial charge >= 0.3 is 6.18 Å². The summed E-state index contributed by atoms with van der Waals surface area (Å²) in [6, 6.07) is 9.85. The SMILES string of the molecule is O=C(c1cccc(-n2nc(C(F)(F)F)c3c2CCN(S(=O)(=O)CCOO)C3)c1)N(O)c1ccc2c(c1)OCO2. The van der Waals surface area contributed by atoms with Gasteiger partial charge in [-0.2, -0.15) is 27.6 Å². The van der Waals surface area contributed by atoms with E-state index in [-0.39, 0.29) is 48.0 Å². The van der Waals surface area contributed by atoms with Crippen molar-refractivity contribution in [1.82, 2.24) is 14.1 Å². The lowest BCUT2D eigenvalue weighted by Gasteiger charge is -2.27. The standard InChI is InChI=1S/C23H21F3N4O8S/c24-23(25,26)21-17-12-28(39(34,35)9-8-38-33)7-6-18(17)29(27-21)15-3-1-2-14(10-15)22(31)30(32)16-4-5-19-20(11-16)37-13-36-19/h1-5,10-11,32-33H,6-9,12-13H2. The number of rotatable bonds is 7. The van der Waals surface area contributed by atoms with Crippen molar-refractivity contribution in [2.75, 3.05) is 30.8 Å². The van der Waals surface area contributed by atoms with Crippen LogP contribution in [-0.4, -0.2) is 64.6 Å². The number of sulfonamides is 1. The normalized spacial score (nSPS) is 15.3. The number of hydroxylamine groups is 1. The smallest absolute Gasteiger partial charge is 0.435 e. The number of carbonyl (C=O) groups excluding carboxylic acids is 1. The van der Waals surface area contributed by atoms with Crippen molar-refractivity contribution in [3.63, 3.8) is 0 Å². The zero-order valence-corrected chi connectivity index (χ0v) is 20.8. The van der Waals surface area contributed by atoms with E-state index in [1.165, 1.54) is 42.5 Å². The highest BCUT2D eigenvalue weighted by Crippen LogP contribution is 2.38. The van der Waals surface area contributed by atoms with Crippen molar-refractivity contribution in [2.45, 2.75) is 19.1 Å². The predicted octanol–water partition coefficient (Wildman–Crippen LogP) is 2.83. The first-order valence-corrected chi connectivity index (χ1v) is 13.1. The molecule has 2 aliphatic rings. The number of halogens is 3. The van der Waals surface area contributed by atoms with Gasteiger partial charge in [0.2, 0.25) is 16.8 Å². The second-order valence-corrected chi connectivity index (χ2v) is 10.7. The average molecular weight is 571 g/mol. The molecule has 3 heterocycles. The minimum atomic E-state index is -4.88. The van der Waals surface area contributed by atoms with E-state index < -0.39 is 46.7 Å². The Morgan fingerprint density at radius 2 is 1.92 bits per heavy atom. The average Bonchev–Trinajstić information content (AvgIpc) is 3.55. The van der Waals surface area contributed by atoms with Crippen LogP contribution in [0, 0.1) is 0 Å². The van der Waals surface area contributed by atoms with E-state index in [0.717, 1.165) is 8.99 Å². The summed E-state index contributed by atoms with van der Waals surface area (Å²) in [5, 5.41) is 23.1. The summed E-state index contributed by atoms with van der Waals surface area (Å²) >= 11 is 0. The van der Waals surface area contributed by atoms with Crippen LogP contribution >= 0.6 is 0 Å². The van der Waals surface area contributed by atoms with Crippen LogP contribution in [-0.2, 0) is 34.1 Å². The summed E-state index contributed by atoms with van der Waals surface area (Å²) < 4.78 is 79.1. The van der Waals surface area contributed by atoms with E-state index in [0.29, 0.717) is 16.6 Å². The lowest BCUT2D eigenvalue weighted by Crippen LogP contribution is -2.39. The third-order valence-corrected chi connectivity index (χ3v) is 8.03. The molecule has 2 aliphatic heterocycles. The van der Waals surface area contributed by atoms with Crippen LogP contribution in [0.15, 0.2) is 42.5 Å². The molecule has 208 valence electrons. The summed E-state index contributed by atoms with van der Waals surface area (Å²) in [4.78, 5) is 16.8. The third kappa shape index (κ3) is 5.16. The number of aromatic nitrogens is 2. The van der Waals surface area contributed by atoms with Crippen molar-refractivity contribution < 1.29 is 51.2 Å². The summed E-state index contributed by atoms with van der Waals surface area (Å²) in [5.74, 6) is -0.704. The molecule has 1 aromatic heterocycles. The molecule has 12 nitrogen and oxygen atoms in total. The number of alkyl halides is 3. The number of fused-ring (bicyclic) bond motifs is 2. The number of anilines is 1. The van der Waals surface area contributed by atoms with E-state index in [4.69, 9.17) is 14.7 Å². The van der Waals surface area contributed by atoms with Crippen molar-refractivity contribution in [1.29, 1.82) is 0 Å². The van der Waals surface area contributed by atoms with Gasteiger partial charge < -0.3 is 9.47 Å². The molecule has 1 amide bonds. The highest BCUT2D eigenvalue weighted by atomic mass is 32.2. The monoisotopic (exact) mass is 570 g/mol. The van der Waals surface area contributed by atoms with E-state index in [1.54, 1.807) is 0 Å². The topological polar surface area (TPSA) is 144 Å². The van der Waals surface area contributed by atoms with Gasteiger partial charge in [0.05, 0.1) is 29.4 Å². The van der Waals surface area contributed by atoms with Crippen LogP contribution in [0.4, 0.5) is 18.9 Å². The lowest BCUT2D eigenvalue weighted by atomic mass is 10.1. The van der Waals surface area contributed by atoms with Crippen molar-refractivity contribution in [3.8, 4) is 17.2 Å². The van der Waals surface area contributed by atoms with Gasteiger partial charge in [0.1, 0.15) is 0 Å². The fraction of sp³-hybridized carbons (Fsp3) is 0.304. The fourth-order valence-electron chi connectivity index (χ4n) is 4.37. The Morgan fingerprint density at radius 3 is 2.67 bits per heavy atom. The van der Waals surface area contributed by atoms with Crippen LogP contribution in [0.3, 0.4) is 0 Å². The molecule has 0 saturated carbocycles. The Balaban J connectivity index is 1.47. The number of carbonyl (C=O) groups is 1. The first-order valence-electron chi connectivity index (χ1n) is 11.4. The molecule has 2 aromatic carbocycles. The van der Waals surface area contributed by atoms with Crippen LogP contribution < -0.4 is 14.5 Å². The van der Waals surface area contributed by atoms with Crippen LogP contribution in [0.5, 0.6) is 11.5 Å². The molecule has 5 rings (SSSR count). The van der Waals surface area contributed by atoms with E-state index in [2.05, 4.69) is 9.99 Å². The molecular weight excluding hydrogens is 549 g/mol. The number of nitrogens with zero attached hydrogens (tertiary/aromatic N) is 4. The van der Waals surface area contributed by atoms with Crippen LogP contribution in [0.1, 0.15) is 27.3 Å². The molecule has 0 fully saturated rings. The molecule has 0 aliphatic carbocycles. The Bertz CT molecular complexity index is 1530. The number of benzene rings is 2. The molecule has 3 aromatic rings. The van der Waals surface area contributed by atoms with Gasteiger partial charge in [-0.3, -0.25) is 15.3 Å². The van der Waals surface area contributed by atoms with E-state index >= 15 is 0 Å². The molecular formula is C23H21F3N4O8S. The van der Waals surface area contributed by atoms with Gasteiger partial charge in [0.15, 0.2) is 17.2 Å². The van der Waals surface area contributed by atoms with Crippen molar-refractivity contribution >= 4 is 21.6 Å². The fourth-order valence-corrected chi connectivity index (χ4v) is 5.61. The molecule has 0 atom stereocenters. The third-order valence-electron chi connectivity index (χ3n) is 6.25. The molecule has 0 radical (unpaired) electrons. The van der Waals surface area contributed by atoms with Gasteiger partial charge in [0, 0.05) is 36.7 Å². The largest absolute Gasteiger partial charge is 0.454 e. The maximum Gasteiger partial charge on any atom is 0.435 e. The second-order valence-electron chi connectivity index (χ2n) is 8.62. The highest BCUT2D eigenvalue weighted by molar-refractivity contribution is 7.89. The van der Waals surface area contributed by atoms with Gasteiger partial charge in [-0.25, -0.2) is 18.0 Å². The Morgan fingerprint density at radius 1 is 1.15 bits per heavy atom. The van der Waals surface area contributed by atoms with E-state index in [1.807, 2.05) is 0 Å². The molecule has 0 unspecified atom stereocenters. The maximum absolute atomic E-state index is 13.9. The van der Waals surface area contributed by atoms with Crippen LogP contribution in [0.25, 0.3) is 5.69 Å². The molecule has 39 heavy (non-hydrogen) atoms. The van der Waals surface area contributed by atoms with Crippen LogP contribution in [0.2, 0.25) is 0 Å². The van der Waals surface area contributed by atoms with Crippen molar-refractivity contribution in [3.05, 3.63) is 65.0 Å². The van der Waals surface area contributed by atoms with Gasteiger partial charge in [-0.15, -0.1) is 0 Å². The minimum Gasteiger partial charge on any atom is -0.454 e. The Kier molecular flexibility index (Phi) is 6.98. The number of amides is 1. The number of ether oxygens (including phenoxy) is 2. The first kappa shape index (κ1) is 26.9. The molecule has 0 saturated heterocycles. The Hall–Kier alpha value is -3.70. The first-order chi connectivity index (χ1) is 18.5. The second kappa shape index (κ2) is 10.1. The van der Waals surface area contributed by atoms with E-state index in [9.17, 15) is 31.6 Å². The summed E-state index contributed by atoms with van der Waals surface area (Å²) in [5.41, 5.74) is -1.29. The van der Waals surface area contributed by atoms with Gasteiger partial charge in [-0.05, 0) is 30.3 Å². The zero-order valence-electron chi connectivity index (χ0n) is 20.0. The quantitative estimate of drug-likeness (QED) is 0.249. The molecule has 2 N–H and O–H groups in total. The zero-order chi connectivity index (χ0) is 27.9. The molecule has 16 heteroatoms. The maximum atomic E-state index is 13.9. The summed E-state index contributed by atoms with van der Waals surface area (Å²) in [7, 11) is -4.01. The molecule has 0 bridgehead atoms. The molecule has 0 spiro atoms. The highest BCUT2D eigenvalue weighted by Gasteiger charge is 2.42. The number of hydrogen-bond donors (Lipinski definition) is 2. The van der Waals surface area contributed by atoms with Crippen molar-refractivity contribution in [2.24, 2.45) is 0 Å². The van der Waals surface area contributed by atoms with Gasteiger partial charge in [-0.1, -0.05) is 6.07 Å². The predicted molar refractivity (Wildman–Crippen MR) is 126 cm³/mol. The minimum absolute atomic E-state index is 0.00488. The van der Waals surface area contributed by atoms with Gasteiger partial charge in [0.25, 0.3) is 5.91 Å². The summed E-state index contributed by atoms with van der Waals surface area (Å²) in [6.45, 7) is -1.25. The number of hydrogen-bond acceptors (Lipinski definition) is 9. The lowest BCUT2D eigenvalue weighted by molar-refractivity contribution is -0.237.